The van der Waals surface area contributed by atoms with Gasteiger partial charge in [0.05, 0.1) is 0 Å². The van der Waals surface area contributed by atoms with Crippen LogP contribution in [0.5, 0.6) is 5.75 Å². The molecule has 0 radical (unpaired) electrons. The Kier molecular flexibility index (Phi) is 8.22. The van der Waals surface area contributed by atoms with Crippen molar-refractivity contribution in [2.24, 2.45) is 0 Å². The number of nitrogens with one attached hydrogen (secondary N) is 1. The van der Waals surface area contributed by atoms with Crippen LogP contribution in [0.1, 0.15) is 26.2 Å². The summed E-state index contributed by atoms with van der Waals surface area (Å²) in [6, 6.07) is 7.02. The third kappa shape index (κ3) is 7.63. The molecule has 0 spiro atoms. The van der Waals surface area contributed by atoms with Gasteiger partial charge in [-0.25, -0.2) is 0 Å². The number of hydrogen-bond acceptors (Lipinski definition) is 4. The monoisotopic (exact) mass is 280 g/mol. The first-order chi connectivity index (χ1) is 9.72. The average Bonchev–Trinajstić information content (AvgIpc) is 2.44. The molecule has 0 saturated carbocycles. The number of ether oxygens (including phenoxy) is 2. The largest absolute Gasteiger partial charge is 0.484 e. The molecule has 0 heterocycles. The summed E-state index contributed by atoms with van der Waals surface area (Å²) in [6.07, 6.45) is 3.03. The van der Waals surface area contributed by atoms with Crippen molar-refractivity contribution in [2.45, 2.75) is 26.2 Å². The normalized spacial score (nSPS) is 10.2. The Balaban J connectivity index is 2.03. The Morgan fingerprint density at radius 2 is 2.10 bits per heavy atom. The van der Waals surface area contributed by atoms with E-state index in [0.29, 0.717) is 24.6 Å². The van der Waals surface area contributed by atoms with Crippen LogP contribution < -0.4 is 15.8 Å². The van der Waals surface area contributed by atoms with E-state index in [9.17, 15) is 4.79 Å². The van der Waals surface area contributed by atoms with Crippen LogP contribution in [0.25, 0.3) is 0 Å². The van der Waals surface area contributed by atoms with E-state index in [0.717, 1.165) is 25.9 Å². The molecule has 0 fully saturated rings. The minimum Gasteiger partial charge on any atom is -0.484 e. The molecule has 0 aliphatic heterocycles. The number of carbonyl (C=O) groups is 1. The zero-order valence-corrected chi connectivity index (χ0v) is 12.1. The van der Waals surface area contributed by atoms with Gasteiger partial charge in [0.15, 0.2) is 6.61 Å². The molecule has 0 aliphatic rings. The first kappa shape index (κ1) is 16.3. The lowest BCUT2D eigenvalue weighted by molar-refractivity contribution is -0.123. The Morgan fingerprint density at radius 1 is 1.30 bits per heavy atom. The van der Waals surface area contributed by atoms with Gasteiger partial charge in [-0.1, -0.05) is 19.4 Å². The highest BCUT2D eigenvalue weighted by Gasteiger charge is 2.02. The molecule has 0 bridgehead atoms. The van der Waals surface area contributed by atoms with E-state index in [-0.39, 0.29) is 12.5 Å². The van der Waals surface area contributed by atoms with Gasteiger partial charge in [0.25, 0.3) is 5.91 Å². The Labute approximate surface area is 120 Å². The van der Waals surface area contributed by atoms with E-state index >= 15 is 0 Å². The van der Waals surface area contributed by atoms with Crippen LogP contribution in [0.3, 0.4) is 0 Å². The summed E-state index contributed by atoms with van der Waals surface area (Å²) >= 11 is 0. The molecule has 3 N–H and O–H groups in total. The van der Waals surface area contributed by atoms with E-state index < -0.39 is 0 Å². The second-order valence-corrected chi connectivity index (χ2v) is 4.53. The summed E-state index contributed by atoms with van der Waals surface area (Å²) in [5.74, 6) is 0.462. The molecule has 5 nitrogen and oxygen atoms in total. The summed E-state index contributed by atoms with van der Waals surface area (Å²) in [5.41, 5.74) is 6.24. The zero-order chi connectivity index (χ0) is 14.6. The van der Waals surface area contributed by atoms with Crippen molar-refractivity contribution >= 4 is 11.6 Å². The van der Waals surface area contributed by atoms with Crippen molar-refractivity contribution in [3.05, 3.63) is 24.3 Å². The van der Waals surface area contributed by atoms with Crippen molar-refractivity contribution < 1.29 is 14.3 Å². The molecule has 112 valence electrons. The summed E-state index contributed by atoms with van der Waals surface area (Å²) in [4.78, 5) is 11.5. The Bertz CT molecular complexity index is 396. The molecule has 1 aromatic rings. The van der Waals surface area contributed by atoms with Gasteiger partial charge in [-0.05, 0) is 25.0 Å². The number of nitrogens with two attached hydrogens (primary N) is 1. The molecule has 1 aromatic carbocycles. The Morgan fingerprint density at radius 3 is 2.85 bits per heavy atom. The number of rotatable bonds is 10. The third-order valence-corrected chi connectivity index (χ3v) is 2.66. The van der Waals surface area contributed by atoms with E-state index in [2.05, 4.69) is 12.2 Å². The van der Waals surface area contributed by atoms with Crippen LogP contribution in [0.4, 0.5) is 5.69 Å². The van der Waals surface area contributed by atoms with Crippen LogP contribution in [-0.4, -0.2) is 32.3 Å². The molecule has 0 aromatic heterocycles. The van der Waals surface area contributed by atoms with Crippen molar-refractivity contribution in [1.82, 2.24) is 5.32 Å². The van der Waals surface area contributed by atoms with E-state index in [1.807, 2.05) is 0 Å². The maximum Gasteiger partial charge on any atom is 0.257 e. The highest BCUT2D eigenvalue weighted by atomic mass is 16.5. The molecule has 0 aliphatic carbocycles. The van der Waals surface area contributed by atoms with Crippen molar-refractivity contribution in [3.63, 3.8) is 0 Å². The fraction of sp³-hybridized carbons (Fsp3) is 0.533. The van der Waals surface area contributed by atoms with Gasteiger partial charge in [0, 0.05) is 31.5 Å². The number of anilines is 1. The third-order valence-electron chi connectivity index (χ3n) is 2.66. The lowest BCUT2D eigenvalue weighted by atomic mass is 10.3. The fourth-order valence-corrected chi connectivity index (χ4v) is 1.55. The predicted molar refractivity (Wildman–Crippen MR) is 79.7 cm³/mol. The van der Waals surface area contributed by atoms with Gasteiger partial charge in [-0.15, -0.1) is 0 Å². The summed E-state index contributed by atoms with van der Waals surface area (Å²) < 4.78 is 10.7. The van der Waals surface area contributed by atoms with Gasteiger partial charge < -0.3 is 20.5 Å². The lowest BCUT2D eigenvalue weighted by Crippen LogP contribution is -2.30. The molecular weight excluding hydrogens is 256 g/mol. The number of amides is 1. The molecule has 5 heteroatoms. The molecule has 1 amide bonds. The van der Waals surface area contributed by atoms with Crippen LogP contribution in [0.15, 0.2) is 24.3 Å². The van der Waals surface area contributed by atoms with Gasteiger partial charge in [-0.3, -0.25) is 4.79 Å². The summed E-state index contributed by atoms with van der Waals surface area (Å²) in [7, 11) is 0. The smallest absolute Gasteiger partial charge is 0.257 e. The lowest BCUT2D eigenvalue weighted by Gasteiger charge is -2.08. The van der Waals surface area contributed by atoms with Crippen LogP contribution >= 0.6 is 0 Å². The number of hydrogen-bond donors (Lipinski definition) is 2. The number of unbranched alkanes of at least 4 members (excludes halogenated alkanes) is 1. The first-order valence-electron chi connectivity index (χ1n) is 7.05. The van der Waals surface area contributed by atoms with Gasteiger partial charge in [0.2, 0.25) is 0 Å². The molecular formula is C15H24N2O3. The number of benzene rings is 1. The number of carbonyl (C=O) groups excluding carboxylic acids is 1. The molecule has 1 rings (SSSR count). The maximum atomic E-state index is 11.5. The highest BCUT2D eigenvalue weighted by molar-refractivity contribution is 5.77. The minimum atomic E-state index is -0.138. The molecule has 0 unspecified atom stereocenters. The minimum absolute atomic E-state index is 0.000144. The number of nitrogen functional groups attached to an aromatic ring is 1. The molecule has 0 saturated heterocycles. The average molecular weight is 280 g/mol. The van der Waals surface area contributed by atoms with Gasteiger partial charge in [-0.2, -0.15) is 0 Å². The fourth-order valence-electron chi connectivity index (χ4n) is 1.55. The van der Waals surface area contributed by atoms with Crippen LogP contribution in [0, 0.1) is 0 Å². The topological polar surface area (TPSA) is 73.6 Å². The predicted octanol–water partition coefficient (Wildman–Crippen LogP) is 1.97. The van der Waals surface area contributed by atoms with Gasteiger partial charge >= 0.3 is 0 Å². The van der Waals surface area contributed by atoms with E-state index in [1.54, 1.807) is 24.3 Å². The maximum absolute atomic E-state index is 11.5. The molecule has 0 atom stereocenters. The highest BCUT2D eigenvalue weighted by Crippen LogP contribution is 2.13. The Hall–Kier alpha value is -1.75. The van der Waals surface area contributed by atoms with E-state index in [1.165, 1.54) is 0 Å². The standard InChI is InChI=1S/C15H24N2O3/c1-2-3-9-19-10-5-8-17-15(18)12-20-14-7-4-6-13(16)11-14/h4,6-7,11H,2-3,5,8-10,12,16H2,1H3,(H,17,18). The first-order valence-corrected chi connectivity index (χ1v) is 7.05. The van der Waals surface area contributed by atoms with E-state index in [4.69, 9.17) is 15.2 Å². The van der Waals surface area contributed by atoms with Gasteiger partial charge in [0.1, 0.15) is 5.75 Å². The molecule has 20 heavy (non-hydrogen) atoms. The van der Waals surface area contributed by atoms with Crippen molar-refractivity contribution in [1.29, 1.82) is 0 Å². The summed E-state index contributed by atoms with van der Waals surface area (Å²) in [5, 5.41) is 2.78. The van der Waals surface area contributed by atoms with Crippen molar-refractivity contribution in [3.8, 4) is 5.75 Å². The SMILES string of the molecule is CCCCOCCCNC(=O)COc1cccc(N)c1. The van der Waals surface area contributed by atoms with Crippen LogP contribution in [-0.2, 0) is 9.53 Å². The second kappa shape index (κ2) is 10.1. The quantitative estimate of drug-likeness (QED) is 0.507. The second-order valence-electron chi connectivity index (χ2n) is 4.53. The van der Waals surface area contributed by atoms with Crippen molar-refractivity contribution in [2.75, 3.05) is 32.1 Å². The van der Waals surface area contributed by atoms with Crippen LogP contribution in [0.2, 0.25) is 0 Å². The zero-order valence-electron chi connectivity index (χ0n) is 12.1. The summed E-state index contributed by atoms with van der Waals surface area (Å²) in [6.45, 7) is 4.20.